The Morgan fingerprint density at radius 3 is 2.55 bits per heavy atom. The van der Waals surface area contributed by atoms with Crippen molar-refractivity contribution in [2.75, 3.05) is 6.61 Å². The first-order chi connectivity index (χ1) is 10.7. The van der Waals surface area contributed by atoms with Crippen molar-refractivity contribution in [2.24, 2.45) is 0 Å². The first-order valence-electron chi connectivity index (χ1n) is 7.58. The Hall–Kier alpha value is -2.42. The maximum absolute atomic E-state index is 12.4. The van der Waals surface area contributed by atoms with Gasteiger partial charge in [0.05, 0.1) is 18.1 Å². The van der Waals surface area contributed by atoms with E-state index in [1.807, 2.05) is 30.3 Å². The minimum atomic E-state index is -0.329. The summed E-state index contributed by atoms with van der Waals surface area (Å²) in [5, 5.41) is 0. The predicted octanol–water partition coefficient (Wildman–Crippen LogP) is 3.51. The number of carbonyl (C=O) groups is 2. The second kappa shape index (κ2) is 6.14. The van der Waals surface area contributed by atoms with Crippen LogP contribution < -0.4 is 0 Å². The van der Waals surface area contributed by atoms with Crippen molar-refractivity contribution in [1.29, 1.82) is 0 Å². The van der Waals surface area contributed by atoms with Gasteiger partial charge in [-0.25, -0.2) is 4.79 Å². The molecule has 1 aliphatic carbocycles. The van der Waals surface area contributed by atoms with Crippen molar-refractivity contribution in [2.45, 2.75) is 25.7 Å². The van der Waals surface area contributed by atoms with Crippen LogP contribution in [0.1, 0.15) is 46.3 Å². The van der Waals surface area contributed by atoms with E-state index in [-0.39, 0.29) is 17.7 Å². The van der Waals surface area contributed by atoms with Crippen LogP contribution in [0.25, 0.3) is 0 Å². The molecule has 22 heavy (non-hydrogen) atoms. The zero-order valence-corrected chi connectivity index (χ0v) is 12.5. The lowest BCUT2D eigenvalue weighted by molar-refractivity contribution is -0.120. The molecule has 0 saturated carbocycles. The minimum absolute atomic E-state index is 0.221. The maximum Gasteiger partial charge on any atom is 0.338 e. The Balaban J connectivity index is 1.94. The smallest absolute Gasteiger partial charge is 0.338 e. The quantitative estimate of drug-likeness (QED) is 0.814. The van der Waals surface area contributed by atoms with Crippen molar-refractivity contribution in [3.05, 3.63) is 70.8 Å². The van der Waals surface area contributed by atoms with E-state index in [0.717, 1.165) is 17.5 Å². The average molecular weight is 294 g/mol. The number of ether oxygens (including phenoxy) is 1. The Bertz CT molecular complexity index is 701. The average Bonchev–Trinajstić information content (AvgIpc) is 2.55. The molecule has 0 aromatic heterocycles. The zero-order chi connectivity index (χ0) is 15.5. The fourth-order valence-electron chi connectivity index (χ4n) is 3.01. The number of ketones is 1. The number of fused-ring (bicyclic) bond motifs is 1. The number of Topliss-reactive ketones (excluding diaryl/α,β-unsaturated/α-hetero) is 1. The second-order valence-electron chi connectivity index (χ2n) is 5.44. The summed E-state index contributed by atoms with van der Waals surface area (Å²) in [6, 6.07) is 15.3. The Kier molecular flexibility index (Phi) is 4.05. The van der Waals surface area contributed by atoms with E-state index < -0.39 is 0 Å². The molecule has 2 aromatic carbocycles. The summed E-state index contributed by atoms with van der Waals surface area (Å²) in [6.07, 6.45) is 1.38. The van der Waals surface area contributed by atoms with Crippen molar-refractivity contribution in [1.82, 2.24) is 0 Å². The van der Waals surface area contributed by atoms with Crippen molar-refractivity contribution in [3.8, 4) is 0 Å². The lowest BCUT2D eigenvalue weighted by atomic mass is 9.78. The number of hydrogen-bond donors (Lipinski definition) is 0. The second-order valence-corrected chi connectivity index (χ2v) is 5.44. The van der Waals surface area contributed by atoms with Crippen LogP contribution in [0.4, 0.5) is 0 Å². The van der Waals surface area contributed by atoms with Gasteiger partial charge in [0, 0.05) is 6.42 Å². The van der Waals surface area contributed by atoms with Gasteiger partial charge in [-0.05, 0) is 42.2 Å². The molecule has 1 aliphatic rings. The van der Waals surface area contributed by atoms with E-state index in [1.165, 1.54) is 5.56 Å². The lowest BCUT2D eigenvalue weighted by Gasteiger charge is -2.24. The van der Waals surface area contributed by atoms with Crippen molar-refractivity contribution in [3.63, 3.8) is 0 Å². The van der Waals surface area contributed by atoms with E-state index >= 15 is 0 Å². The molecule has 3 heteroatoms. The maximum atomic E-state index is 12.4. The molecule has 2 aromatic rings. The fraction of sp³-hybridized carbons (Fsp3) is 0.263. The molecule has 0 amide bonds. The van der Waals surface area contributed by atoms with Gasteiger partial charge < -0.3 is 4.74 Å². The van der Waals surface area contributed by atoms with E-state index in [0.29, 0.717) is 18.6 Å². The zero-order valence-electron chi connectivity index (χ0n) is 12.5. The largest absolute Gasteiger partial charge is 0.462 e. The van der Waals surface area contributed by atoms with Crippen LogP contribution in [0.5, 0.6) is 0 Å². The van der Waals surface area contributed by atoms with Gasteiger partial charge in [-0.2, -0.15) is 0 Å². The van der Waals surface area contributed by atoms with Crippen molar-refractivity contribution < 1.29 is 14.3 Å². The number of aryl methyl sites for hydroxylation is 1. The van der Waals surface area contributed by atoms with E-state index in [1.54, 1.807) is 19.1 Å². The molecule has 0 spiro atoms. The summed E-state index contributed by atoms with van der Waals surface area (Å²) in [5.41, 5.74) is 3.77. The minimum Gasteiger partial charge on any atom is -0.462 e. The number of esters is 1. The molecule has 0 fully saturated rings. The highest BCUT2D eigenvalue weighted by molar-refractivity contribution is 5.92. The normalized spacial score (nSPS) is 17.0. The number of hydrogen-bond acceptors (Lipinski definition) is 3. The van der Waals surface area contributed by atoms with Gasteiger partial charge >= 0.3 is 5.97 Å². The predicted molar refractivity (Wildman–Crippen MR) is 84.0 cm³/mol. The van der Waals surface area contributed by atoms with Gasteiger partial charge in [-0.1, -0.05) is 36.4 Å². The van der Waals surface area contributed by atoms with Gasteiger partial charge in [0.15, 0.2) is 0 Å². The molecule has 1 atom stereocenters. The van der Waals surface area contributed by atoms with Gasteiger partial charge in [-0.3, -0.25) is 4.79 Å². The fourth-order valence-corrected chi connectivity index (χ4v) is 3.01. The van der Waals surface area contributed by atoms with Crippen LogP contribution >= 0.6 is 0 Å². The standard InChI is InChI=1S/C19H18O3/c1-2-22-19(21)15-9-7-14(8-10-15)18-16-6-4-3-5-13(16)11-12-17(18)20/h3-10,18H,2,11-12H2,1H3. The van der Waals surface area contributed by atoms with Crippen LogP contribution in [0, 0.1) is 0 Å². The highest BCUT2D eigenvalue weighted by Crippen LogP contribution is 2.34. The molecule has 0 bridgehead atoms. The third-order valence-corrected chi connectivity index (χ3v) is 4.08. The molecular weight excluding hydrogens is 276 g/mol. The third-order valence-electron chi connectivity index (χ3n) is 4.08. The summed E-state index contributed by atoms with van der Waals surface area (Å²) in [4.78, 5) is 24.1. The van der Waals surface area contributed by atoms with E-state index in [2.05, 4.69) is 6.07 Å². The van der Waals surface area contributed by atoms with Crippen LogP contribution in [0.3, 0.4) is 0 Å². The molecular formula is C19H18O3. The van der Waals surface area contributed by atoms with Gasteiger partial charge in [-0.15, -0.1) is 0 Å². The summed E-state index contributed by atoms with van der Waals surface area (Å²) in [6.45, 7) is 2.14. The summed E-state index contributed by atoms with van der Waals surface area (Å²) < 4.78 is 4.98. The molecule has 112 valence electrons. The van der Waals surface area contributed by atoms with Gasteiger partial charge in [0.2, 0.25) is 0 Å². The molecule has 0 N–H and O–H groups in total. The van der Waals surface area contributed by atoms with Crippen LogP contribution in [0.15, 0.2) is 48.5 Å². The molecule has 0 radical (unpaired) electrons. The number of benzene rings is 2. The SMILES string of the molecule is CCOC(=O)c1ccc(C2C(=O)CCc3ccccc32)cc1. The highest BCUT2D eigenvalue weighted by Gasteiger charge is 2.28. The molecule has 0 saturated heterocycles. The summed E-state index contributed by atoms with van der Waals surface area (Å²) >= 11 is 0. The van der Waals surface area contributed by atoms with Gasteiger partial charge in [0.1, 0.15) is 5.78 Å². The summed E-state index contributed by atoms with van der Waals surface area (Å²) in [5.74, 6) is -0.312. The molecule has 3 nitrogen and oxygen atoms in total. The van der Waals surface area contributed by atoms with Crippen molar-refractivity contribution >= 4 is 11.8 Å². The van der Waals surface area contributed by atoms with Gasteiger partial charge in [0.25, 0.3) is 0 Å². The molecule has 3 rings (SSSR count). The number of rotatable bonds is 3. The highest BCUT2D eigenvalue weighted by atomic mass is 16.5. The Labute approximate surface area is 129 Å². The number of carbonyl (C=O) groups excluding carboxylic acids is 2. The van der Waals surface area contributed by atoms with Crippen LogP contribution in [-0.4, -0.2) is 18.4 Å². The molecule has 0 heterocycles. The first-order valence-corrected chi connectivity index (χ1v) is 7.58. The topological polar surface area (TPSA) is 43.4 Å². The lowest BCUT2D eigenvalue weighted by Crippen LogP contribution is -2.21. The third kappa shape index (κ3) is 2.67. The Morgan fingerprint density at radius 1 is 1.09 bits per heavy atom. The summed E-state index contributed by atoms with van der Waals surface area (Å²) in [7, 11) is 0. The molecule has 0 aliphatic heterocycles. The van der Waals surface area contributed by atoms with Crippen LogP contribution in [0.2, 0.25) is 0 Å². The van der Waals surface area contributed by atoms with E-state index in [4.69, 9.17) is 4.74 Å². The van der Waals surface area contributed by atoms with Crippen LogP contribution in [-0.2, 0) is 16.0 Å². The first kappa shape index (κ1) is 14.5. The van der Waals surface area contributed by atoms with E-state index in [9.17, 15) is 9.59 Å². The monoisotopic (exact) mass is 294 g/mol. The Morgan fingerprint density at radius 2 is 1.82 bits per heavy atom. The molecule has 1 unspecified atom stereocenters.